The maximum absolute atomic E-state index is 13.2. The quantitative estimate of drug-likeness (QED) is 0.807. The topological polar surface area (TPSA) is 12.0 Å². The molecule has 0 spiro atoms. The Morgan fingerprint density at radius 1 is 0.952 bits per heavy atom. The number of allylic oxidation sites excluding steroid dienone is 1. The van der Waals surface area contributed by atoms with E-state index in [1.54, 1.807) is 42.5 Å². The van der Waals surface area contributed by atoms with Gasteiger partial charge in [-0.1, -0.05) is 36.4 Å². The zero-order valence-corrected chi connectivity index (χ0v) is 11.8. The minimum absolute atomic E-state index is 0.437. The molecule has 1 N–H and O–H groups in total. The molecule has 0 bridgehead atoms. The molecule has 0 aliphatic carbocycles. The van der Waals surface area contributed by atoms with Crippen molar-refractivity contribution in [1.82, 2.24) is 0 Å². The Morgan fingerprint density at radius 3 is 2.05 bits per heavy atom. The Labute approximate surface area is 122 Å². The number of hydrogen-bond acceptors (Lipinski definition) is 1. The number of halogens is 3. The molecule has 2 aromatic rings. The number of nitrogens with one attached hydrogen (secondary N) is 1. The Bertz CT molecular complexity index is 623. The van der Waals surface area contributed by atoms with Crippen molar-refractivity contribution in [2.75, 3.05) is 5.32 Å². The highest BCUT2D eigenvalue weighted by Gasteiger charge is 2.34. The minimum atomic E-state index is -4.44. The van der Waals surface area contributed by atoms with Gasteiger partial charge in [-0.2, -0.15) is 13.2 Å². The zero-order chi connectivity index (χ0) is 15.5. The molecule has 0 radical (unpaired) electrons. The Kier molecular flexibility index (Phi) is 4.36. The van der Waals surface area contributed by atoms with Crippen LogP contribution in [-0.2, 0) is 0 Å². The molecule has 110 valence electrons. The van der Waals surface area contributed by atoms with Crippen molar-refractivity contribution in [3.8, 4) is 0 Å². The molecule has 0 aromatic heterocycles. The van der Waals surface area contributed by atoms with Crippen LogP contribution in [0.1, 0.15) is 16.7 Å². The summed E-state index contributed by atoms with van der Waals surface area (Å²) in [5.74, 6) is 0. The lowest BCUT2D eigenvalue weighted by atomic mass is 10.1. The summed E-state index contributed by atoms with van der Waals surface area (Å²) in [6.07, 6.45) is -3.33. The third kappa shape index (κ3) is 4.38. The second-order valence-electron chi connectivity index (χ2n) is 4.97. The molecule has 0 saturated heterocycles. The summed E-state index contributed by atoms with van der Waals surface area (Å²) < 4.78 is 39.5. The van der Waals surface area contributed by atoms with E-state index in [1.807, 2.05) is 19.9 Å². The molecule has 0 amide bonds. The van der Waals surface area contributed by atoms with Crippen LogP contribution in [0, 0.1) is 13.8 Å². The van der Waals surface area contributed by atoms with Gasteiger partial charge in [0.2, 0.25) is 0 Å². The van der Waals surface area contributed by atoms with Crippen molar-refractivity contribution in [2.45, 2.75) is 20.0 Å². The van der Waals surface area contributed by atoms with Gasteiger partial charge in [0.15, 0.2) is 0 Å². The smallest absolute Gasteiger partial charge is 0.351 e. The molecule has 21 heavy (non-hydrogen) atoms. The Balaban J connectivity index is 2.36. The normalized spacial score (nSPS) is 12.3. The molecule has 0 atom stereocenters. The summed E-state index contributed by atoms with van der Waals surface area (Å²) >= 11 is 0. The predicted molar refractivity (Wildman–Crippen MR) is 80.0 cm³/mol. The van der Waals surface area contributed by atoms with Gasteiger partial charge in [0.05, 0.1) is 0 Å². The van der Waals surface area contributed by atoms with Crippen molar-refractivity contribution >= 4 is 11.8 Å². The summed E-state index contributed by atoms with van der Waals surface area (Å²) in [6, 6.07) is 13.7. The molecular formula is C17H16F3N. The SMILES string of the molecule is Cc1cc(C)cc(NC(=Cc2ccccc2)C(F)(F)F)c1. The number of hydrogen-bond donors (Lipinski definition) is 1. The van der Waals surface area contributed by atoms with E-state index in [-0.39, 0.29) is 0 Å². The molecule has 0 heterocycles. The number of anilines is 1. The number of aryl methyl sites for hydroxylation is 2. The summed E-state index contributed by atoms with van der Waals surface area (Å²) in [6.45, 7) is 3.71. The van der Waals surface area contributed by atoms with E-state index in [0.29, 0.717) is 11.3 Å². The van der Waals surface area contributed by atoms with Crippen LogP contribution in [0.4, 0.5) is 18.9 Å². The van der Waals surface area contributed by atoms with Gasteiger partial charge in [0, 0.05) is 5.69 Å². The molecule has 0 aliphatic heterocycles. The van der Waals surface area contributed by atoms with E-state index in [1.165, 1.54) is 0 Å². The van der Waals surface area contributed by atoms with Gasteiger partial charge in [-0.15, -0.1) is 0 Å². The van der Waals surface area contributed by atoms with Gasteiger partial charge in [-0.05, 0) is 48.7 Å². The summed E-state index contributed by atoms with van der Waals surface area (Å²) in [4.78, 5) is 0. The van der Waals surface area contributed by atoms with Crippen molar-refractivity contribution in [2.24, 2.45) is 0 Å². The second kappa shape index (κ2) is 6.04. The van der Waals surface area contributed by atoms with E-state index in [2.05, 4.69) is 5.32 Å². The molecule has 2 rings (SSSR count). The van der Waals surface area contributed by atoms with Crippen molar-refractivity contribution in [3.63, 3.8) is 0 Å². The van der Waals surface area contributed by atoms with Crippen LogP contribution in [0.5, 0.6) is 0 Å². The van der Waals surface area contributed by atoms with E-state index in [0.717, 1.165) is 17.2 Å². The fraction of sp³-hybridized carbons (Fsp3) is 0.176. The Morgan fingerprint density at radius 2 is 1.52 bits per heavy atom. The first kappa shape index (κ1) is 15.2. The zero-order valence-electron chi connectivity index (χ0n) is 11.8. The van der Waals surface area contributed by atoms with Gasteiger partial charge in [-0.25, -0.2) is 0 Å². The van der Waals surface area contributed by atoms with Crippen LogP contribution in [0.2, 0.25) is 0 Å². The van der Waals surface area contributed by atoms with E-state index in [9.17, 15) is 13.2 Å². The fourth-order valence-corrected chi connectivity index (χ4v) is 2.11. The molecule has 1 nitrogen and oxygen atoms in total. The average Bonchev–Trinajstić information content (AvgIpc) is 2.37. The predicted octanol–water partition coefficient (Wildman–Crippen LogP) is 5.32. The third-order valence-electron chi connectivity index (χ3n) is 2.92. The van der Waals surface area contributed by atoms with Crippen LogP contribution < -0.4 is 5.32 Å². The first-order valence-corrected chi connectivity index (χ1v) is 6.54. The largest absolute Gasteiger partial charge is 0.431 e. The van der Waals surface area contributed by atoms with Crippen molar-refractivity contribution in [1.29, 1.82) is 0 Å². The van der Waals surface area contributed by atoms with Crippen LogP contribution in [0.3, 0.4) is 0 Å². The van der Waals surface area contributed by atoms with Gasteiger partial charge in [0.25, 0.3) is 0 Å². The maximum Gasteiger partial charge on any atom is 0.431 e. The Hall–Kier alpha value is -2.23. The van der Waals surface area contributed by atoms with Gasteiger partial charge >= 0.3 is 6.18 Å². The molecular weight excluding hydrogens is 275 g/mol. The van der Waals surface area contributed by atoms with E-state index < -0.39 is 11.9 Å². The summed E-state index contributed by atoms with van der Waals surface area (Å²) in [5.41, 5.74) is 1.99. The second-order valence-corrected chi connectivity index (χ2v) is 4.97. The lowest BCUT2D eigenvalue weighted by Gasteiger charge is -2.15. The van der Waals surface area contributed by atoms with Crippen LogP contribution in [0.15, 0.2) is 54.2 Å². The monoisotopic (exact) mass is 291 g/mol. The standard InChI is InChI=1S/C17H16F3N/c1-12-8-13(2)10-15(9-12)21-16(17(18,19)20)11-14-6-4-3-5-7-14/h3-11,21H,1-2H3. The lowest BCUT2D eigenvalue weighted by molar-refractivity contribution is -0.0893. The fourth-order valence-electron chi connectivity index (χ4n) is 2.11. The van der Waals surface area contributed by atoms with Crippen LogP contribution >= 0.6 is 0 Å². The maximum atomic E-state index is 13.2. The number of rotatable bonds is 3. The van der Waals surface area contributed by atoms with Gasteiger partial charge in [0.1, 0.15) is 5.70 Å². The number of alkyl halides is 3. The molecule has 0 aliphatic rings. The molecule has 2 aromatic carbocycles. The van der Waals surface area contributed by atoms with Gasteiger partial charge in [-0.3, -0.25) is 0 Å². The highest BCUT2D eigenvalue weighted by atomic mass is 19.4. The molecule has 0 saturated carbocycles. The highest BCUT2D eigenvalue weighted by molar-refractivity contribution is 5.62. The van der Waals surface area contributed by atoms with Crippen LogP contribution in [-0.4, -0.2) is 6.18 Å². The van der Waals surface area contributed by atoms with Crippen LogP contribution in [0.25, 0.3) is 6.08 Å². The summed E-state index contributed by atoms with van der Waals surface area (Å²) in [5, 5.41) is 2.49. The molecule has 0 fully saturated rings. The summed E-state index contributed by atoms with van der Waals surface area (Å²) in [7, 11) is 0. The average molecular weight is 291 g/mol. The lowest BCUT2D eigenvalue weighted by Crippen LogP contribution is -2.19. The van der Waals surface area contributed by atoms with E-state index in [4.69, 9.17) is 0 Å². The van der Waals surface area contributed by atoms with Crippen molar-refractivity contribution < 1.29 is 13.2 Å². The minimum Gasteiger partial charge on any atom is -0.351 e. The van der Waals surface area contributed by atoms with Gasteiger partial charge < -0.3 is 5.32 Å². The first-order valence-electron chi connectivity index (χ1n) is 6.54. The van der Waals surface area contributed by atoms with E-state index >= 15 is 0 Å². The van der Waals surface area contributed by atoms with Crippen molar-refractivity contribution in [3.05, 3.63) is 70.9 Å². The molecule has 4 heteroatoms. The third-order valence-corrected chi connectivity index (χ3v) is 2.92. The first-order chi connectivity index (χ1) is 9.84. The highest BCUT2D eigenvalue weighted by Crippen LogP contribution is 2.29. The molecule has 0 unspecified atom stereocenters. The number of benzene rings is 2.